The van der Waals surface area contributed by atoms with E-state index in [1.807, 2.05) is 0 Å². The van der Waals surface area contributed by atoms with Gasteiger partial charge < -0.3 is 5.32 Å². The molecular formula is C7H14N2. The fourth-order valence-electron chi connectivity index (χ4n) is 0.972. The molecule has 0 aromatic heterocycles. The summed E-state index contributed by atoms with van der Waals surface area (Å²) in [6, 6.07) is 1.01. The highest BCUT2D eigenvalue weighted by molar-refractivity contribution is 5.84. The van der Waals surface area contributed by atoms with Crippen LogP contribution in [0.4, 0.5) is 0 Å². The van der Waals surface area contributed by atoms with E-state index >= 15 is 0 Å². The molecule has 1 N–H and O–H groups in total. The van der Waals surface area contributed by atoms with Gasteiger partial charge in [0, 0.05) is 12.5 Å². The summed E-state index contributed by atoms with van der Waals surface area (Å²) < 4.78 is 0. The van der Waals surface area contributed by atoms with Crippen molar-refractivity contribution in [2.45, 2.75) is 39.3 Å². The summed E-state index contributed by atoms with van der Waals surface area (Å²) in [6.07, 6.45) is 1.04. The van der Waals surface area contributed by atoms with E-state index in [-0.39, 0.29) is 0 Å². The van der Waals surface area contributed by atoms with Crippen molar-refractivity contribution in [2.75, 3.05) is 0 Å². The van der Waals surface area contributed by atoms with Crippen LogP contribution < -0.4 is 5.32 Å². The summed E-state index contributed by atoms with van der Waals surface area (Å²) in [6.45, 7) is 6.42. The Labute approximate surface area is 56.4 Å². The first-order chi connectivity index (χ1) is 4.24. The van der Waals surface area contributed by atoms with Crippen molar-refractivity contribution in [3.63, 3.8) is 0 Å². The van der Waals surface area contributed by atoms with Gasteiger partial charge in [0.1, 0.15) is 0 Å². The fourth-order valence-corrected chi connectivity index (χ4v) is 0.972. The Bertz CT molecular complexity index is 129. The summed E-state index contributed by atoms with van der Waals surface area (Å²) in [4.78, 5) is 4.39. The lowest BCUT2D eigenvalue weighted by Gasteiger charge is -2.06. The Hall–Kier alpha value is -0.530. The predicted molar refractivity (Wildman–Crippen MR) is 39.8 cm³/mol. The van der Waals surface area contributed by atoms with E-state index in [1.54, 1.807) is 0 Å². The van der Waals surface area contributed by atoms with Crippen LogP contribution in [0.25, 0.3) is 0 Å². The zero-order valence-corrected chi connectivity index (χ0v) is 6.31. The Kier molecular flexibility index (Phi) is 1.74. The minimum absolute atomic E-state index is 0.472. The van der Waals surface area contributed by atoms with E-state index in [0.29, 0.717) is 12.1 Å². The molecule has 0 fully saturated rings. The molecule has 52 valence electrons. The predicted octanol–water partition coefficient (Wildman–Crippen LogP) is 1.18. The molecule has 1 heterocycles. The first-order valence-electron chi connectivity index (χ1n) is 3.57. The molecule has 1 aliphatic heterocycles. The molecule has 0 amide bonds. The second kappa shape index (κ2) is 2.38. The first kappa shape index (κ1) is 6.59. The van der Waals surface area contributed by atoms with Crippen LogP contribution in [0.5, 0.6) is 0 Å². The monoisotopic (exact) mass is 126 g/mol. The molecule has 0 bridgehead atoms. The molecule has 0 saturated carbocycles. The van der Waals surface area contributed by atoms with Gasteiger partial charge in [0.2, 0.25) is 0 Å². The number of amidine groups is 1. The quantitative estimate of drug-likeness (QED) is 0.560. The number of nitrogens with one attached hydrogen (secondary N) is 1. The Balaban J connectivity index is 2.52. The lowest BCUT2D eigenvalue weighted by atomic mass is 10.2. The lowest BCUT2D eigenvalue weighted by molar-refractivity contribution is 0.600. The zero-order chi connectivity index (χ0) is 6.85. The lowest BCUT2D eigenvalue weighted by Crippen LogP contribution is -2.29. The van der Waals surface area contributed by atoms with Gasteiger partial charge in [0.25, 0.3) is 0 Å². The van der Waals surface area contributed by atoms with E-state index in [4.69, 9.17) is 0 Å². The van der Waals surface area contributed by atoms with E-state index < -0.39 is 0 Å². The van der Waals surface area contributed by atoms with Crippen LogP contribution in [0, 0.1) is 0 Å². The normalized spacial score (nSPS) is 33.9. The van der Waals surface area contributed by atoms with Crippen molar-refractivity contribution >= 4 is 5.84 Å². The molecule has 0 aromatic carbocycles. The van der Waals surface area contributed by atoms with Crippen LogP contribution in [-0.2, 0) is 0 Å². The molecule has 0 radical (unpaired) electrons. The van der Waals surface area contributed by atoms with Gasteiger partial charge in [-0.3, -0.25) is 4.99 Å². The van der Waals surface area contributed by atoms with Crippen molar-refractivity contribution in [1.82, 2.24) is 5.32 Å². The number of hydrogen-bond donors (Lipinski definition) is 1. The maximum absolute atomic E-state index is 4.39. The zero-order valence-electron chi connectivity index (χ0n) is 6.31. The summed E-state index contributed by atoms with van der Waals surface area (Å²) in [7, 11) is 0. The Morgan fingerprint density at radius 2 is 2.22 bits per heavy atom. The van der Waals surface area contributed by atoms with Crippen LogP contribution >= 0.6 is 0 Å². The van der Waals surface area contributed by atoms with Gasteiger partial charge in [0.05, 0.1) is 11.9 Å². The van der Waals surface area contributed by atoms with Crippen molar-refractivity contribution in [3.05, 3.63) is 0 Å². The number of rotatable bonds is 1. The minimum Gasteiger partial charge on any atom is -0.369 e. The van der Waals surface area contributed by atoms with Crippen molar-refractivity contribution < 1.29 is 0 Å². The standard InChI is InChI=1S/C7H14N2/c1-4-7-8-5(2)6(3)9-7/h5-6H,4H2,1-3H3,(H,8,9). The number of nitrogens with zero attached hydrogens (tertiary/aromatic N) is 1. The van der Waals surface area contributed by atoms with Crippen molar-refractivity contribution in [3.8, 4) is 0 Å². The molecule has 1 rings (SSSR count). The molecule has 2 atom stereocenters. The minimum atomic E-state index is 0.472. The van der Waals surface area contributed by atoms with Crippen LogP contribution in [0.15, 0.2) is 4.99 Å². The highest BCUT2D eigenvalue weighted by atomic mass is 15.1. The molecular weight excluding hydrogens is 112 g/mol. The van der Waals surface area contributed by atoms with E-state index in [1.165, 1.54) is 0 Å². The molecule has 0 aromatic rings. The maximum Gasteiger partial charge on any atom is 0.0967 e. The highest BCUT2D eigenvalue weighted by Crippen LogP contribution is 2.06. The van der Waals surface area contributed by atoms with E-state index in [9.17, 15) is 0 Å². The van der Waals surface area contributed by atoms with Gasteiger partial charge in [-0.15, -0.1) is 0 Å². The van der Waals surface area contributed by atoms with Crippen molar-refractivity contribution in [1.29, 1.82) is 0 Å². The Morgan fingerprint density at radius 3 is 2.44 bits per heavy atom. The van der Waals surface area contributed by atoms with Gasteiger partial charge in [0.15, 0.2) is 0 Å². The summed E-state index contributed by atoms with van der Waals surface area (Å²) in [5, 5.41) is 3.30. The molecule has 2 unspecified atom stereocenters. The average molecular weight is 126 g/mol. The largest absolute Gasteiger partial charge is 0.369 e. The molecule has 0 aliphatic carbocycles. The fraction of sp³-hybridized carbons (Fsp3) is 0.857. The van der Waals surface area contributed by atoms with Crippen LogP contribution in [0.1, 0.15) is 27.2 Å². The number of aliphatic imine (C=N–C) groups is 1. The second-order valence-corrected chi connectivity index (χ2v) is 2.60. The summed E-state index contributed by atoms with van der Waals surface area (Å²) in [5.41, 5.74) is 0. The molecule has 0 spiro atoms. The van der Waals surface area contributed by atoms with Crippen LogP contribution in [0.2, 0.25) is 0 Å². The number of hydrogen-bond acceptors (Lipinski definition) is 2. The van der Waals surface area contributed by atoms with Gasteiger partial charge in [-0.1, -0.05) is 6.92 Å². The van der Waals surface area contributed by atoms with Gasteiger partial charge >= 0.3 is 0 Å². The summed E-state index contributed by atoms with van der Waals surface area (Å²) in [5.74, 6) is 1.16. The SMILES string of the molecule is CCC1=NC(C)C(C)N1. The van der Waals surface area contributed by atoms with Gasteiger partial charge in [-0.2, -0.15) is 0 Å². The molecule has 2 nitrogen and oxygen atoms in total. The molecule has 0 saturated heterocycles. The van der Waals surface area contributed by atoms with E-state index in [2.05, 4.69) is 31.1 Å². The molecule has 1 aliphatic rings. The average Bonchev–Trinajstić information content (AvgIpc) is 2.13. The second-order valence-electron chi connectivity index (χ2n) is 2.60. The van der Waals surface area contributed by atoms with Gasteiger partial charge in [-0.05, 0) is 13.8 Å². The third kappa shape index (κ3) is 1.23. The smallest absolute Gasteiger partial charge is 0.0967 e. The third-order valence-corrected chi connectivity index (χ3v) is 1.81. The highest BCUT2D eigenvalue weighted by Gasteiger charge is 2.18. The summed E-state index contributed by atoms with van der Waals surface area (Å²) >= 11 is 0. The maximum atomic E-state index is 4.39. The van der Waals surface area contributed by atoms with Gasteiger partial charge in [-0.25, -0.2) is 0 Å². The Morgan fingerprint density at radius 1 is 1.56 bits per heavy atom. The van der Waals surface area contributed by atoms with Crippen LogP contribution in [-0.4, -0.2) is 17.9 Å². The third-order valence-electron chi connectivity index (χ3n) is 1.81. The molecule has 9 heavy (non-hydrogen) atoms. The topological polar surface area (TPSA) is 24.4 Å². The van der Waals surface area contributed by atoms with E-state index in [0.717, 1.165) is 12.3 Å². The van der Waals surface area contributed by atoms with Crippen LogP contribution in [0.3, 0.4) is 0 Å². The van der Waals surface area contributed by atoms with Crippen molar-refractivity contribution in [2.24, 2.45) is 4.99 Å². The first-order valence-corrected chi connectivity index (χ1v) is 3.57. The molecule has 2 heteroatoms.